The maximum Gasteiger partial charge on any atom is 0.280 e. The van der Waals surface area contributed by atoms with Crippen molar-refractivity contribution in [2.24, 2.45) is 10.3 Å². The molecule has 15 heteroatoms. The molecule has 0 unspecified atom stereocenters. The molecule has 0 aliphatic carbocycles. The lowest BCUT2D eigenvalue weighted by Crippen LogP contribution is -2.33. The Morgan fingerprint density at radius 1 is 1.29 bits per heavy atom. The van der Waals surface area contributed by atoms with Gasteiger partial charge in [-0.25, -0.2) is 4.98 Å². The molecule has 4 rings (SSSR count). The van der Waals surface area contributed by atoms with E-state index < -0.39 is 41.6 Å². The van der Waals surface area contributed by atoms with Gasteiger partial charge in [-0.2, -0.15) is 4.98 Å². The van der Waals surface area contributed by atoms with Gasteiger partial charge in [-0.05, 0) is 12.1 Å². The summed E-state index contributed by atoms with van der Waals surface area (Å²) in [5.74, 6) is -0.194. The molecule has 4 atom stereocenters. The van der Waals surface area contributed by atoms with E-state index in [-0.39, 0.29) is 22.8 Å². The number of hydrogen-bond donors (Lipinski definition) is 5. The standard InChI is InChI=1S/C16H16N8O7/c25-5-9-11(26)12(27)15(31-9)23-6-17-10-13(23)18-16(19-14(10)28)21-22-20-7-1-3-8(4-2-7)24(29)30/h1-4,6,9,11-12,15,25-27H,5H2,(H2,18,19,20,21,28)/t9-,11-,12-,15-/m1/s1. The molecule has 1 aromatic carbocycles. The SMILES string of the molecule is O=c1[nH]c(/N=N/Nc2ccc([N+](=O)[O-])cc2)nc2c1ncn2[C@@H]1O[C@H](CO)[C@@H](O)[C@H]1O. The number of non-ortho nitro benzene ring substituents is 1. The van der Waals surface area contributed by atoms with Crippen molar-refractivity contribution in [3.05, 3.63) is 51.1 Å². The van der Waals surface area contributed by atoms with Crippen LogP contribution in [0.15, 0.2) is 45.7 Å². The van der Waals surface area contributed by atoms with Gasteiger partial charge in [0.15, 0.2) is 17.4 Å². The van der Waals surface area contributed by atoms with E-state index in [2.05, 4.69) is 30.7 Å². The first-order chi connectivity index (χ1) is 14.9. The molecule has 5 N–H and O–H groups in total. The summed E-state index contributed by atoms with van der Waals surface area (Å²) in [5, 5.41) is 47.5. The van der Waals surface area contributed by atoms with Gasteiger partial charge in [0.1, 0.15) is 18.3 Å². The van der Waals surface area contributed by atoms with Crippen molar-refractivity contribution in [2.45, 2.75) is 24.5 Å². The van der Waals surface area contributed by atoms with Crippen molar-refractivity contribution >= 4 is 28.5 Å². The molecule has 15 nitrogen and oxygen atoms in total. The number of imidazole rings is 1. The van der Waals surface area contributed by atoms with Gasteiger partial charge in [0.2, 0.25) is 0 Å². The summed E-state index contributed by atoms with van der Waals surface area (Å²) in [6.45, 7) is -0.511. The van der Waals surface area contributed by atoms with Gasteiger partial charge in [0, 0.05) is 12.1 Å². The number of aromatic amines is 1. The highest BCUT2D eigenvalue weighted by molar-refractivity contribution is 5.70. The number of aromatic nitrogens is 4. The lowest BCUT2D eigenvalue weighted by Gasteiger charge is -2.16. The molecule has 3 aromatic rings. The molecule has 1 aliphatic heterocycles. The summed E-state index contributed by atoms with van der Waals surface area (Å²) in [4.78, 5) is 32.9. The second kappa shape index (κ2) is 8.15. The molecule has 2 aromatic heterocycles. The van der Waals surface area contributed by atoms with E-state index in [0.717, 1.165) is 0 Å². The fourth-order valence-electron chi connectivity index (χ4n) is 3.05. The molecule has 0 amide bonds. The summed E-state index contributed by atoms with van der Waals surface area (Å²) in [5.41, 5.74) is 2.20. The number of nitro benzene ring substituents is 1. The second-order valence-corrected chi connectivity index (χ2v) is 6.56. The molecule has 1 fully saturated rings. The minimum atomic E-state index is -1.38. The van der Waals surface area contributed by atoms with Crippen molar-refractivity contribution in [1.29, 1.82) is 0 Å². The average Bonchev–Trinajstić information content (AvgIpc) is 3.30. The molecule has 0 saturated carbocycles. The predicted octanol–water partition coefficient (Wildman–Crippen LogP) is -0.250. The number of fused-ring (bicyclic) bond motifs is 1. The highest BCUT2D eigenvalue weighted by Gasteiger charge is 2.44. The zero-order valence-corrected chi connectivity index (χ0v) is 15.6. The first kappa shape index (κ1) is 20.5. The van der Waals surface area contributed by atoms with Crippen LogP contribution in [0, 0.1) is 10.1 Å². The van der Waals surface area contributed by atoms with E-state index in [0.29, 0.717) is 5.69 Å². The third-order valence-electron chi connectivity index (χ3n) is 4.61. The van der Waals surface area contributed by atoms with Crippen LogP contribution in [0.4, 0.5) is 17.3 Å². The quantitative estimate of drug-likeness (QED) is 0.196. The Balaban J connectivity index is 1.58. The topological polar surface area (TPSA) is 213 Å². The predicted molar refractivity (Wildman–Crippen MR) is 102 cm³/mol. The molecule has 3 heterocycles. The number of rotatable bonds is 6. The Kier molecular flexibility index (Phi) is 5.38. The average molecular weight is 432 g/mol. The number of nitrogens with one attached hydrogen (secondary N) is 2. The Hall–Kier alpha value is -3.79. The zero-order chi connectivity index (χ0) is 22.1. The zero-order valence-electron chi connectivity index (χ0n) is 15.6. The maximum absolute atomic E-state index is 12.3. The number of ether oxygens (including phenoxy) is 1. The highest BCUT2D eigenvalue weighted by Crippen LogP contribution is 2.31. The number of aliphatic hydroxyl groups excluding tert-OH is 3. The fourth-order valence-corrected chi connectivity index (χ4v) is 3.05. The smallest absolute Gasteiger partial charge is 0.280 e. The fraction of sp³-hybridized carbons (Fsp3) is 0.312. The molecular formula is C16H16N8O7. The molecular weight excluding hydrogens is 416 g/mol. The molecule has 31 heavy (non-hydrogen) atoms. The Morgan fingerprint density at radius 3 is 2.68 bits per heavy atom. The summed E-state index contributed by atoms with van der Waals surface area (Å²) < 4.78 is 6.69. The molecule has 0 spiro atoms. The number of aliphatic hydroxyl groups is 3. The minimum Gasteiger partial charge on any atom is -0.394 e. The van der Waals surface area contributed by atoms with E-state index in [9.17, 15) is 30.2 Å². The molecule has 1 aliphatic rings. The summed E-state index contributed by atoms with van der Waals surface area (Å²) in [6, 6.07) is 5.41. The summed E-state index contributed by atoms with van der Waals surface area (Å²) >= 11 is 0. The van der Waals surface area contributed by atoms with Gasteiger partial charge in [-0.15, -0.1) is 0 Å². The molecule has 0 radical (unpaired) electrons. The first-order valence-corrected chi connectivity index (χ1v) is 8.89. The number of nitrogens with zero attached hydrogens (tertiary/aromatic N) is 6. The van der Waals surface area contributed by atoms with Crippen LogP contribution in [-0.4, -0.2) is 64.7 Å². The minimum absolute atomic E-state index is 0.0166. The number of nitro groups is 1. The summed E-state index contributed by atoms with van der Waals surface area (Å²) in [6.07, 6.45) is -3.65. The van der Waals surface area contributed by atoms with E-state index in [1.807, 2.05) is 0 Å². The molecule has 1 saturated heterocycles. The lowest BCUT2D eigenvalue weighted by molar-refractivity contribution is -0.384. The van der Waals surface area contributed by atoms with Crippen molar-refractivity contribution in [1.82, 2.24) is 19.5 Å². The van der Waals surface area contributed by atoms with Crippen LogP contribution < -0.4 is 11.0 Å². The van der Waals surface area contributed by atoms with Gasteiger partial charge < -0.3 is 20.1 Å². The van der Waals surface area contributed by atoms with Gasteiger partial charge in [-0.3, -0.25) is 29.9 Å². The van der Waals surface area contributed by atoms with Crippen LogP contribution in [0.25, 0.3) is 11.2 Å². The van der Waals surface area contributed by atoms with Gasteiger partial charge in [0.05, 0.1) is 23.5 Å². The largest absolute Gasteiger partial charge is 0.394 e. The van der Waals surface area contributed by atoms with Crippen LogP contribution in [0.5, 0.6) is 0 Å². The lowest BCUT2D eigenvalue weighted by atomic mass is 10.1. The third-order valence-corrected chi connectivity index (χ3v) is 4.61. The second-order valence-electron chi connectivity index (χ2n) is 6.56. The van der Waals surface area contributed by atoms with Crippen LogP contribution in [0.1, 0.15) is 6.23 Å². The van der Waals surface area contributed by atoms with Crippen molar-refractivity contribution < 1.29 is 25.0 Å². The van der Waals surface area contributed by atoms with E-state index >= 15 is 0 Å². The first-order valence-electron chi connectivity index (χ1n) is 8.89. The van der Waals surface area contributed by atoms with E-state index in [4.69, 9.17) is 4.74 Å². The Labute approximate surface area is 171 Å². The van der Waals surface area contributed by atoms with Crippen LogP contribution in [0.3, 0.4) is 0 Å². The number of hydrogen-bond acceptors (Lipinski definition) is 11. The monoisotopic (exact) mass is 432 g/mol. The molecule has 162 valence electrons. The number of benzene rings is 1. The van der Waals surface area contributed by atoms with Crippen LogP contribution in [-0.2, 0) is 4.74 Å². The number of H-pyrrole nitrogens is 1. The third kappa shape index (κ3) is 3.84. The van der Waals surface area contributed by atoms with Crippen molar-refractivity contribution in [3.8, 4) is 0 Å². The normalized spacial score (nSPS) is 23.6. The van der Waals surface area contributed by atoms with Crippen molar-refractivity contribution in [3.63, 3.8) is 0 Å². The van der Waals surface area contributed by atoms with Crippen molar-refractivity contribution in [2.75, 3.05) is 12.0 Å². The van der Waals surface area contributed by atoms with Gasteiger partial charge in [0.25, 0.3) is 17.2 Å². The Bertz CT molecular complexity index is 1190. The number of anilines is 1. The van der Waals surface area contributed by atoms with E-state index in [1.165, 1.54) is 35.2 Å². The van der Waals surface area contributed by atoms with E-state index in [1.54, 1.807) is 0 Å². The van der Waals surface area contributed by atoms with Crippen LogP contribution in [0.2, 0.25) is 0 Å². The van der Waals surface area contributed by atoms with Gasteiger partial charge >= 0.3 is 0 Å². The summed E-state index contributed by atoms with van der Waals surface area (Å²) in [7, 11) is 0. The van der Waals surface area contributed by atoms with Crippen LogP contribution >= 0.6 is 0 Å². The molecule has 0 bridgehead atoms. The highest BCUT2D eigenvalue weighted by atomic mass is 16.6. The van der Waals surface area contributed by atoms with Gasteiger partial charge in [-0.1, -0.05) is 10.3 Å². The Morgan fingerprint density at radius 2 is 2.03 bits per heavy atom. The maximum atomic E-state index is 12.3.